The number of rotatable bonds is 2. The van der Waals surface area contributed by atoms with E-state index in [0.29, 0.717) is 5.92 Å². The van der Waals surface area contributed by atoms with E-state index >= 15 is 0 Å². The number of nitrogens with two attached hydrogens (primary N) is 1. The Morgan fingerprint density at radius 2 is 2.07 bits per heavy atom. The van der Waals surface area contributed by atoms with Gasteiger partial charge >= 0.3 is 0 Å². The van der Waals surface area contributed by atoms with Crippen molar-refractivity contribution in [3.05, 3.63) is 36.1 Å². The maximum Gasteiger partial charge on any atom is 0.134 e. The van der Waals surface area contributed by atoms with Crippen LogP contribution in [0, 0.1) is 5.92 Å². The average molecular weight is 187 g/mol. The summed E-state index contributed by atoms with van der Waals surface area (Å²) in [5.74, 6) is 0.677. The molecule has 1 aliphatic carbocycles. The maximum atomic E-state index is 6.15. The van der Waals surface area contributed by atoms with E-state index in [9.17, 15) is 0 Å². The zero-order valence-corrected chi connectivity index (χ0v) is 7.94. The van der Waals surface area contributed by atoms with Gasteiger partial charge in [0.25, 0.3) is 0 Å². The average Bonchev–Trinajstić information content (AvgIpc) is 2.97. The topological polar surface area (TPSA) is 39.2 Å². The monoisotopic (exact) mass is 187 g/mol. The number of para-hydroxylation sites is 1. The van der Waals surface area contributed by atoms with E-state index in [4.69, 9.17) is 10.2 Å². The molecule has 0 bridgehead atoms. The standard InChI is InChI=1S/C12H13NO/c13-12(8-5-6-8)10-7-14-11-4-2-1-3-9(10)11/h1-4,7-8,12H,5-6,13H2/t12-/m1/s1. The van der Waals surface area contributed by atoms with Crippen molar-refractivity contribution < 1.29 is 4.42 Å². The van der Waals surface area contributed by atoms with Gasteiger partial charge < -0.3 is 10.2 Å². The largest absolute Gasteiger partial charge is 0.464 e. The highest BCUT2D eigenvalue weighted by Gasteiger charge is 2.31. The lowest BCUT2D eigenvalue weighted by atomic mass is 10.0. The smallest absolute Gasteiger partial charge is 0.134 e. The Labute approximate surface area is 82.7 Å². The summed E-state index contributed by atoms with van der Waals surface area (Å²) in [5, 5.41) is 1.17. The van der Waals surface area contributed by atoms with Gasteiger partial charge in [0.1, 0.15) is 5.58 Å². The molecule has 0 amide bonds. The molecular formula is C12H13NO. The minimum Gasteiger partial charge on any atom is -0.464 e. The van der Waals surface area contributed by atoms with E-state index < -0.39 is 0 Å². The molecule has 0 spiro atoms. The van der Waals surface area contributed by atoms with Crippen LogP contribution in [0.2, 0.25) is 0 Å². The van der Waals surface area contributed by atoms with Crippen molar-refractivity contribution in [3.8, 4) is 0 Å². The van der Waals surface area contributed by atoms with Gasteiger partial charge in [0.2, 0.25) is 0 Å². The number of furan rings is 1. The fourth-order valence-corrected chi connectivity index (χ4v) is 1.97. The lowest BCUT2D eigenvalue weighted by molar-refractivity contribution is 0.582. The quantitative estimate of drug-likeness (QED) is 0.785. The second-order valence-corrected chi connectivity index (χ2v) is 4.05. The van der Waals surface area contributed by atoms with Crippen LogP contribution in [0.25, 0.3) is 11.0 Å². The molecule has 2 N–H and O–H groups in total. The molecule has 1 atom stereocenters. The molecule has 0 radical (unpaired) electrons. The first-order chi connectivity index (χ1) is 6.86. The van der Waals surface area contributed by atoms with Gasteiger partial charge in [-0.3, -0.25) is 0 Å². The van der Waals surface area contributed by atoms with E-state index in [-0.39, 0.29) is 6.04 Å². The molecule has 0 aliphatic heterocycles. The van der Waals surface area contributed by atoms with Crippen molar-refractivity contribution in [2.24, 2.45) is 11.7 Å². The van der Waals surface area contributed by atoms with Gasteiger partial charge in [-0.25, -0.2) is 0 Å². The third-order valence-electron chi connectivity index (χ3n) is 3.00. The third-order valence-corrected chi connectivity index (χ3v) is 3.00. The summed E-state index contributed by atoms with van der Waals surface area (Å²) in [6, 6.07) is 8.24. The number of hydrogen-bond donors (Lipinski definition) is 1. The van der Waals surface area contributed by atoms with Gasteiger partial charge in [0.15, 0.2) is 0 Å². The van der Waals surface area contributed by atoms with E-state index in [0.717, 1.165) is 5.58 Å². The Morgan fingerprint density at radius 3 is 2.86 bits per heavy atom. The Bertz CT molecular complexity index is 456. The molecule has 2 nitrogen and oxygen atoms in total. The van der Waals surface area contributed by atoms with Crippen LogP contribution in [-0.4, -0.2) is 0 Å². The second-order valence-electron chi connectivity index (χ2n) is 4.05. The summed E-state index contributed by atoms with van der Waals surface area (Å²) in [6.07, 6.45) is 4.34. The fraction of sp³-hybridized carbons (Fsp3) is 0.333. The summed E-state index contributed by atoms with van der Waals surface area (Å²) in [4.78, 5) is 0. The minimum absolute atomic E-state index is 0.165. The van der Waals surface area contributed by atoms with E-state index in [1.807, 2.05) is 24.5 Å². The zero-order chi connectivity index (χ0) is 9.54. The van der Waals surface area contributed by atoms with E-state index in [1.165, 1.54) is 23.8 Å². The van der Waals surface area contributed by atoms with Crippen LogP contribution in [0.3, 0.4) is 0 Å². The van der Waals surface area contributed by atoms with Gasteiger partial charge in [-0.1, -0.05) is 18.2 Å². The van der Waals surface area contributed by atoms with Gasteiger partial charge in [0, 0.05) is 17.0 Å². The van der Waals surface area contributed by atoms with Crippen LogP contribution in [0.5, 0.6) is 0 Å². The Morgan fingerprint density at radius 1 is 1.29 bits per heavy atom. The van der Waals surface area contributed by atoms with E-state index in [1.54, 1.807) is 0 Å². The number of fused-ring (bicyclic) bond motifs is 1. The van der Waals surface area contributed by atoms with E-state index in [2.05, 4.69) is 6.07 Å². The summed E-state index contributed by atoms with van der Waals surface area (Å²) >= 11 is 0. The first kappa shape index (κ1) is 8.06. The maximum absolute atomic E-state index is 6.15. The first-order valence-electron chi connectivity index (χ1n) is 5.08. The second kappa shape index (κ2) is 2.85. The van der Waals surface area contributed by atoms with Gasteiger partial charge in [-0.2, -0.15) is 0 Å². The normalized spacial score (nSPS) is 18.6. The molecule has 2 aromatic rings. The summed E-state index contributed by atoms with van der Waals surface area (Å²) in [7, 11) is 0. The van der Waals surface area contributed by atoms with Gasteiger partial charge in [-0.15, -0.1) is 0 Å². The summed E-state index contributed by atoms with van der Waals surface area (Å²) < 4.78 is 5.47. The van der Waals surface area contributed by atoms with Crippen molar-refractivity contribution in [2.75, 3.05) is 0 Å². The highest BCUT2D eigenvalue weighted by Crippen LogP contribution is 2.41. The SMILES string of the molecule is N[C@@H](c1coc2ccccc12)C1CC1. The molecule has 1 aromatic carbocycles. The molecule has 1 aromatic heterocycles. The van der Waals surface area contributed by atoms with Crippen LogP contribution in [0.15, 0.2) is 34.9 Å². The predicted octanol–water partition coefficient (Wildman–Crippen LogP) is 2.84. The summed E-state index contributed by atoms with van der Waals surface area (Å²) in [6.45, 7) is 0. The Hall–Kier alpha value is -1.28. The van der Waals surface area contributed by atoms with Crippen LogP contribution in [-0.2, 0) is 0 Å². The molecule has 14 heavy (non-hydrogen) atoms. The number of benzene rings is 1. The highest BCUT2D eigenvalue weighted by molar-refractivity contribution is 5.81. The predicted molar refractivity (Wildman–Crippen MR) is 55.9 cm³/mol. The number of hydrogen-bond acceptors (Lipinski definition) is 2. The van der Waals surface area contributed by atoms with Crippen molar-refractivity contribution in [1.82, 2.24) is 0 Å². The van der Waals surface area contributed by atoms with Crippen LogP contribution < -0.4 is 5.73 Å². The first-order valence-corrected chi connectivity index (χ1v) is 5.08. The van der Waals surface area contributed by atoms with Crippen molar-refractivity contribution in [1.29, 1.82) is 0 Å². The van der Waals surface area contributed by atoms with Crippen LogP contribution >= 0.6 is 0 Å². The molecule has 1 saturated carbocycles. The molecule has 1 aliphatic rings. The molecule has 0 unspecified atom stereocenters. The molecule has 1 fully saturated rings. The van der Waals surface area contributed by atoms with Crippen molar-refractivity contribution in [2.45, 2.75) is 18.9 Å². The van der Waals surface area contributed by atoms with Crippen LogP contribution in [0.4, 0.5) is 0 Å². The summed E-state index contributed by atoms with van der Waals surface area (Å²) in [5.41, 5.74) is 8.26. The Balaban J connectivity index is 2.11. The van der Waals surface area contributed by atoms with Gasteiger partial charge in [-0.05, 0) is 24.8 Å². The minimum atomic E-state index is 0.165. The zero-order valence-electron chi connectivity index (χ0n) is 7.94. The molecule has 0 saturated heterocycles. The molecule has 2 heteroatoms. The third kappa shape index (κ3) is 1.15. The van der Waals surface area contributed by atoms with Crippen LogP contribution in [0.1, 0.15) is 24.4 Å². The molecular weight excluding hydrogens is 174 g/mol. The van der Waals surface area contributed by atoms with Gasteiger partial charge in [0.05, 0.1) is 6.26 Å². The molecule has 3 rings (SSSR count). The van der Waals surface area contributed by atoms with Crippen molar-refractivity contribution >= 4 is 11.0 Å². The fourth-order valence-electron chi connectivity index (χ4n) is 1.97. The molecule has 72 valence electrons. The molecule has 1 heterocycles. The Kier molecular flexibility index (Phi) is 1.64. The lowest BCUT2D eigenvalue weighted by Gasteiger charge is -2.07. The van der Waals surface area contributed by atoms with Crippen molar-refractivity contribution in [3.63, 3.8) is 0 Å². The lowest BCUT2D eigenvalue weighted by Crippen LogP contribution is -2.11. The highest BCUT2D eigenvalue weighted by atomic mass is 16.3.